The Kier molecular flexibility index (Phi) is 6.49. The first-order valence-corrected chi connectivity index (χ1v) is 10.7. The first-order valence-electron chi connectivity index (χ1n) is 6.71. The van der Waals surface area contributed by atoms with Gasteiger partial charge in [-0.1, -0.05) is 26.8 Å². The Balaban J connectivity index is 2.74. The van der Waals surface area contributed by atoms with E-state index < -0.39 is 8.32 Å². The van der Waals surface area contributed by atoms with Gasteiger partial charge in [0.25, 0.3) is 0 Å². The van der Waals surface area contributed by atoms with E-state index in [2.05, 4.69) is 68.6 Å². The highest BCUT2D eigenvalue weighted by atomic mass is 127. The standard InChI is InChI=1S/C15H25IO3Si/c1-15(2,3)20(5,6)19-10-12-7-8-13(16)14(9-12)18-11-17-4/h7-9H,10-11H2,1-6H3. The monoisotopic (exact) mass is 408 g/mol. The van der Waals surface area contributed by atoms with Crippen LogP contribution in [0.4, 0.5) is 0 Å². The Morgan fingerprint density at radius 3 is 2.40 bits per heavy atom. The van der Waals surface area contributed by atoms with Crippen LogP contribution >= 0.6 is 22.6 Å². The average molecular weight is 408 g/mol. The molecule has 0 heterocycles. The smallest absolute Gasteiger partial charge is 0.192 e. The Bertz CT molecular complexity index is 441. The molecule has 3 nitrogen and oxygen atoms in total. The van der Waals surface area contributed by atoms with Crippen molar-refractivity contribution >= 4 is 30.9 Å². The Morgan fingerprint density at radius 2 is 1.85 bits per heavy atom. The lowest BCUT2D eigenvalue weighted by Crippen LogP contribution is -2.40. The van der Waals surface area contributed by atoms with E-state index in [1.807, 2.05) is 6.07 Å². The first kappa shape index (κ1) is 17.9. The second-order valence-corrected chi connectivity index (χ2v) is 12.3. The third kappa shape index (κ3) is 5.02. The number of hydrogen-bond acceptors (Lipinski definition) is 3. The van der Waals surface area contributed by atoms with Gasteiger partial charge in [-0.25, -0.2) is 0 Å². The van der Waals surface area contributed by atoms with E-state index in [9.17, 15) is 0 Å². The zero-order chi connectivity index (χ0) is 15.4. The van der Waals surface area contributed by atoms with Gasteiger partial charge in [0.2, 0.25) is 0 Å². The minimum Gasteiger partial charge on any atom is -0.466 e. The van der Waals surface area contributed by atoms with Gasteiger partial charge in [-0.05, 0) is 58.4 Å². The largest absolute Gasteiger partial charge is 0.466 e. The van der Waals surface area contributed by atoms with Crippen molar-refractivity contribution in [2.45, 2.75) is 45.5 Å². The first-order chi connectivity index (χ1) is 9.17. The Labute approximate surface area is 137 Å². The van der Waals surface area contributed by atoms with Crippen LogP contribution in [0.3, 0.4) is 0 Å². The minimum absolute atomic E-state index is 0.228. The summed E-state index contributed by atoms with van der Waals surface area (Å²) in [4.78, 5) is 0. The predicted molar refractivity (Wildman–Crippen MR) is 93.6 cm³/mol. The van der Waals surface area contributed by atoms with E-state index >= 15 is 0 Å². The highest BCUT2D eigenvalue weighted by Gasteiger charge is 2.37. The van der Waals surface area contributed by atoms with Gasteiger partial charge in [0.1, 0.15) is 5.75 Å². The fourth-order valence-corrected chi connectivity index (χ4v) is 2.80. The molecule has 0 aliphatic carbocycles. The molecule has 0 radical (unpaired) electrons. The fourth-order valence-electron chi connectivity index (χ4n) is 1.35. The van der Waals surface area contributed by atoms with Gasteiger partial charge < -0.3 is 13.9 Å². The molecule has 0 bridgehead atoms. The zero-order valence-electron chi connectivity index (χ0n) is 13.2. The summed E-state index contributed by atoms with van der Waals surface area (Å²) in [5.41, 5.74) is 1.14. The number of methoxy groups -OCH3 is 1. The molecule has 114 valence electrons. The summed E-state index contributed by atoms with van der Waals surface area (Å²) in [6.07, 6.45) is 0. The maximum atomic E-state index is 6.23. The number of benzene rings is 1. The van der Waals surface area contributed by atoms with Crippen LogP contribution < -0.4 is 4.74 Å². The topological polar surface area (TPSA) is 27.7 Å². The van der Waals surface area contributed by atoms with Crippen LogP contribution in [0.2, 0.25) is 18.1 Å². The number of hydrogen-bond donors (Lipinski definition) is 0. The number of rotatable bonds is 6. The summed E-state index contributed by atoms with van der Waals surface area (Å²) >= 11 is 2.26. The summed E-state index contributed by atoms with van der Waals surface area (Å²) in [6, 6.07) is 6.18. The lowest BCUT2D eigenvalue weighted by Gasteiger charge is -2.36. The summed E-state index contributed by atoms with van der Waals surface area (Å²) < 4.78 is 17.8. The average Bonchev–Trinajstić information content (AvgIpc) is 2.35. The second kappa shape index (κ2) is 7.24. The number of ether oxygens (including phenoxy) is 2. The van der Waals surface area contributed by atoms with Crippen molar-refractivity contribution in [2.75, 3.05) is 13.9 Å². The van der Waals surface area contributed by atoms with Gasteiger partial charge in [0.05, 0.1) is 10.2 Å². The third-order valence-corrected chi connectivity index (χ3v) is 9.10. The van der Waals surface area contributed by atoms with E-state index in [-0.39, 0.29) is 11.8 Å². The number of halogens is 1. The van der Waals surface area contributed by atoms with Crippen LogP contribution in [0.15, 0.2) is 18.2 Å². The molecule has 0 atom stereocenters. The fraction of sp³-hybridized carbons (Fsp3) is 0.600. The van der Waals surface area contributed by atoms with Crippen LogP contribution in [-0.4, -0.2) is 22.2 Å². The lowest BCUT2D eigenvalue weighted by molar-refractivity contribution is 0.0504. The van der Waals surface area contributed by atoms with Crippen molar-refractivity contribution < 1.29 is 13.9 Å². The molecular formula is C15H25IO3Si. The van der Waals surface area contributed by atoms with Crippen LogP contribution in [-0.2, 0) is 15.8 Å². The Morgan fingerprint density at radius 1 is 1.20 bits per heavy atom. The molecule has 1 aromatic carbocycles. The SMILES string of the molecule is COCOc1cc(CO[Si](C)(C)C(C)(C)C)ccc1I. The molecule has 0 spiro atoms. The second-order valence-electron chi connectivity index (χ2n) is 6.36. The molecule has 0 saturated heterocycles. The quantitative estimate of drug-likeness (QED) is 0.385. The molecule has 0 amide bonds. The lowest BCUT2D eigenvalue weighted by atomic mass is 10.2. The Hall–Kier alpha value is -0.113. The van der Waals surface area contributed by atoms with Crippen molar-refractivity contribution in [1.29, 1.82) is 0 Å². The van der Waals surface area contributed by atoms with Gasteiger partial charge in [-0.2, -0.15) is 0 Å². The van der Waals surface area contributed by atoms with Crippen molar-refractivity contribution in [1.82, 2.24) is 0 Å². The van der Waals surface area contributed by atoms with Crippen molar-refractivity contribution in [2.24, 2.45) is 0 Å². The van der Waals surface area contributed by atoms with E-state index in [1.165, 1.54) is 0 Å². The maximum Gasteiger partial charge on any atom is 0.192 e. The minimum atomic E-state index is -1.71. The molecular weight excluding hydrogens is 383 g/mol. The summed E-state index contributed by atoms with van der Waals surface area (Å²) in [5, 5.41) is 0.228. The van der Waals surface area contributed by atoms with Gasteiger partial charge in [-0.3, -0.25) is 0 Å². The molecule has 0 unspecified atom stereocenters. The molecule has 0 aliphatic heterocycles. The summed E-state index contributed by atoms with van der Waals surface area (Å²) in [7, 11) is -0.0891. The molecule has 0 aliphatic rings. The van der Waals surface area contributed by atoms with Crippen LogP contribution in [0.5, 0.6) is 5.75 Å². The highest BCUT2D eigenvalue weighted by molar-refractivity contribution is 14.1. The van der Waals surface area contributed by atoms with Gasteiger partial charge >= 0.3 is 0 Å². The molecule has 0 fully saturated rings. The molecule has 0 saturated carbocycles. The molecule has 5 heteroatoms. The summed E-state index contributed by atoms with van der Waals surface area (Å²) in [5.74, 6) is 0.851. The van der Waals surface area contributed by atoms with Crippen LogP contribution in [0, 0.1) is 3.57 Å². The predicted octanol–water partition coefficient (Wildman–Crippen LogP) is 4.80. The van der Waals surface area contributed by atoms with Crippen LogP contribution in [0.1, 0.15) is 26.3 Å². The zero-order valence-corrected chi connectivity index (χ0v) is 16.4. The van der Waals surface area contributed by atoms with E-state index in [0.717, 1.165) is 14.9 Å². The molecule has 20 heavy (non-hydrogen) atoms. The van der Waals surface area contributed by atoms with Gasteiger partial charge in [-0.15, -0.1) is 0 Å². The van der Waals surface area contributed by atoms with E-state index in [4.69, 9.17) is 13.9 Å². The molecule has 0 N–H and O–H groups in total. The maximum absolute atomic E-state index is 6.23. The third-order valence-electron chi connectivity index (χ3n) is 3.73. The van der Waals surface area contributed by atoms with Crippen LogP contribution in [0.25, 0.3) is 0 Å². The normalized spacial score (nSPS) is 12.6. The molecule has 1 rings (SSSR count). The van der Waals surface area contributed by atoms with Crippen molar-refractivity contribution in [3.8, 4) is 5.75 Å². The molecule has 0 aromatic heterocycles. The summed E-state index contributed by atoms with van der Waals surface area (Å²) in [6.45, 7) is 12.2. The van der Waals surface area contributed by atoms with E-state index in [1.54, 1.807) is 7.11 Å². The highest BCUT2D eigenvalue weighted by Crippen LogP contribution is 2.37. The van der Waals surface area contributed by atoms with Gasteiger partial charge in [0.15, 0.2) is 15.1 Å². The van der Waals surface area contributed by atoms with Crippen molar-refractivity contribution in [3.05, 3.63) is 27.3 Å². The van der Waals surface area contributed by atoms with Gasteiger partial charge in [0, 0.05) is 7.11 Å². The van der Waals surface area contributed by atoms with Crippen molar-refractivity contribution in [3.63, 3.8) is 0 Å². The van der Waals surface area contributed by atoms with E-state index in [0.29, 0.717) is 6.61 Å². The molecule has 1 aromatic rings.